The molecule has 1 aromatic carbocycles. The first-order valence-corrected chi connectivity index (χ1v) is 9.19. The van der Waals surface area contributed by atoms with Gasteiger partial charge in [-0.25, -0.2) is 0 Å². The Labute approximate surface area is 128 Å². The molecule has 0 aromatic heterocycles. The quantitative estimate of drug-likeness (QED) is 0.240. The van der Waals surface area contributed by atoms with E-state index in [0.717, 1.165) is 5.88 Å². The van der Waals surface area contributed by atoms with Gasteiger partial charge in [0.2, 0.25) is 0 Å². The minimum absolute atomic E-state index is 0.832. The molecule has 0 spiro atoms. The Hall–Kier alpha value is -0.140. The number of alkyl halides is 1. The molecule has 0 aliphatic rings. The van der Waals surface area contributed by atoms with Crippen LogP contribution in [0.3, 0.4) is 0 Å². The van der Waals surface area contributed by atoms with Crippen molar-refractivity contribution < 1.29 is 0 Å². The monoisotopic (exact) mass is 298 g/mol. The van der Waals surface area contributed by atoms with Crippen LogP contribution in [0.15, 0.2) is 35.2 Å². The smallest absolute Gasteiger partial charge is 0.0223 e. The van der Waals surface area contributed by atoms with Crippen molar-refractivity contribution in [2.45, 2.75) is 62.7 Å². The van der Waals surface area contributed by atoms with E-state index in [1.807, 2.05) is 11.8 Å². The van der Waals surface area contributed by atoms with Crippen LogP contribution in [-0.2, 0) is 0 Å². The number of halogens is 1. The lowest BCUT2D eigenvalue weighted by atomic mass is 10.1. The third kappa shape index (κ3) is 10.3. The molecule has 108 valence electrons. The standard InChI is InChI=1S/C17H27ClS/c18-15-11-6-4-2-1-3-5-7-12-16-19-17-13-9-8-10-14-17/h8-10,13-14H,1-7,11-12,15-16H2. The fourth-order valence-corrected chi connectivity index (χ4v) is 3.26. The number of benzene rings is 1. The van der Waals surface area contributed by atoms with Crippen LogP contribution in [0.5, 0.6) is 0 Å². The Morgan fingerprint density at radius 2 is 1.21 bits per heavy atom. The summed E-state index contributed by atoms with van der Waals surface area (Å²) in [6.07, 6.45) is 12.3. The van der Waals surface area contributed by atoms with Crippen molar-refractivity contribution in [3.05, 3.63) is 30.3 Å². The Morgan fingerprint density at radius 1 is 0.684 bits per heavy atom. The SMILES string of the molecule is ClCCCCCCCCCCCSc1ccccc1. The second kappa shape index (κ2) is 12.9. The van der Waals surface area contributed by atoms with Gasteiger partial charge >= 0.3 is 0 Å². The zero-order valence-electron chi connectivity index (χ0n) is 12.0. The molecule has 0 nitrogen and oxygen atoms in total. The second-order valence-corrected chi connectivity index (χ2v) is 6.58. The summed E-state index contributed by atoms with van der Waals surface area (Å²) in [5.74, 6) is 2.10. The zero-order chi connectivity index (χ0) is 13.6. The first-order chi connectivity index (χ1) is 9.43. The van der Waals surface area contributed by atoms with Crippen LogP contribution < -0.4 is 0 Å². The van der Waals surface area contributed by atoms with E-state index >= 15 is 0 Å². The maximum Gasteiger partial charge on any atom is 0.0223 e. The van der Waals surface area contributed by atoms with Gasteiger partial charge in [-0.15, -0.1) is 23.4 Å². The Bertz CT molecular complexity index is 287. The molecule has 2 heteroatoms. The normalized spacial score (nSPS) is 10.8. The first kappa shape index (κ1) is 16.9. The summed E-state index contributed by atoms with van der Waals surface area (Å²) < 4.78 is 0. The fourth-order valence-electron chi connectivity index (χ4n) is 2.14. The molecule has 0 aliphatic heterocycles. The average molecular weight is 299 g/mol. The minimum atomic E-state index is 0.832. The van der Waals surface area contributed by atoms with Crippen LogP contribution in [0.25, 0.3) is 0 Å². The highest BCUT2D eigenvalue weighted by atomic mass is 35.5. The van der Waals surface area contributed by atoms with Gasteiger partial charge in [0.15, 0.2) is 0 Å². The summed E-state index contributed by atoms with van der Waals surface area (Å²) in [7, 11) is 0. The van der Waals surface area contributed by atoms with E-state index < -0.39 is 0 Å². The third-order valence-corrected chi connectivity index (χ3v) is 4.66. The third-order valence-electron chi connectivity index (χ3n) is 3.29. The van der Waals surface area contributed by atoms with Crippen molar-refractivity contribution in [1.29, 1.82) is 0 Å². The molecule has 0 saturated carbocycles. The first-order valence-electron chi connectivity index (χ1n) is 7.67. The van der Waals surface area contributed by atoms with Gasteiger partial charge in [0.25, 0.3) is 0 Å². The molecule has 0 aliphatic carbocycles. The summed E-state index contributed by atoms with van der Waals surface area (Å²) in [6, 6.07) is 10.7. The topological polar surface area (TPSA) is 0 Å². The van der Waals surface area contributed by atoms with E-state index in [2.05, 4.69) is 30.3 Å². The Balaban J connectivity index is 1.79. The molecular weight excluding hydrogens is 272 g/mol. The minimum Gasteiger partial charge on any atom is -0.127 e. The highest BCUT2D eigenvalue weighted by Crippen LogP contribution is 2.19. The van der Waals surface area contributed by atoms with Gasteiger partial charge < -0.3 is 0 Å². The lowest BCUT2D eigenvalue weighted by molar-refractivity contribution is 0.574. The van der Waals surface area contributed by atoms with Gasteiger partial charge in [0.1, 0.15) is 0 Å². The lowest BCUT2D eigenvalue weighted by Crippen LogP contribution is -1.84. The van der Waals surface area contributed by atoms with Crippen molar-refractivity contribution in [2.24, 2.45) is 0 Å². The van der Waals surface area contributed by atoms with Gasteiger partial charge in [-0.2, -0.15) is 0 Å². The van der Waals surface area contributed by atoms with Gasteiger partial charge in [0.05, 0.1) is 0 Å². The van der Waals surface area contributed by atoms with Gasteiger partial charge in [-0.3, -0.25) is 0 Å². The molecule has 0 unspecified atom stereocenters. The second-order valence-electron chi connectivity index (χ2n) is 5.03. The Morgan fingerprint density at radius 3 is 1.79 bits per heavy atom. The van der Waals surface area contributed by atoms with E-state index in [1.165, 1.54) is 68.4 Å². The van der Waals surface area contributed by atoms with Gasteiger partial charge in [0, 0.05) is 10.8 Å². The highest BCUT2D eigenvalue weighted by Gasteiger charge is 1.94. The molecule has 0 fully saturated rings. The molecule has 0 N–H and O–H groups in total. The molecule has 0 bridgehead atoms. The number of hydrogen-bond donors (Lipinski definition) is 0. The number of hydrogen-bond acceptors (Lipinski definition) is 1. The molecule has 19 heavy (non-hydrogen) atoms. The lowest BCUT2D eigenvalue weighted by Gasteiger charge is -2.03. The summed E-state index contributed by atoms with van der Waals surface area (Å²) in [5.41, 5.74) is 0. The van der Waals surface area contributed by atoms with Crippen LogP contribution in [0.4, 0.5) is 0 Å². The van der Waals surface area contributed by atoms with Crippen LogP contribution in [-0.4, -0.2) is 11.6 Å². The number of rotatable bonds is 12. The van der Waals surface area contributed by atoms with Crippen LogP contribution in [0.1, 0.15) is 57.8 Å². The summed E-state index contributed by atoms with van der Waals surface area (Å²) >= 11 is 7.64. The predicted molar refractivity (Wildman–Crippen MR) is 89.4 cm³/mol. The van der Waals surface area contributed by atoms with Crippen molar-refractivity contribution in [3.8, 4) is 0 Å². The van der Waals surface area contributed by atoms with Crippen molar-refractivity contribution in [1.82, 2.24) is 0 Å². The summed E-state index contributed by atoms with van der Waals surface area (Å²) in [4.78, 5) is 1.40. The molecule has 1 rings (SSSR count). The maximum atomic E-state index is 5.65. The van der Waals surface area contributed by atoms with E-state index in [-0.39, 0.29) is 0 Å². The van der Waals surface area contributed by atoms with Crippen molar-refractivity contribution >= 4 is 23.4 Å². The van der Waals surface area contributed by atoms with Crippen molar-refractivity contribution in [3.63, 3.8) is 0 Å². The maximum absolute atomic E-state index is 5.65. The number of unbranched alkanes of at least 4 members (excludes halogenated alkanes) is 8. The molecule has 1 aromatic rings. The van der Waals surface area contributed by atoms with Crippen LogP contribution in [0.2, 0.25) is 0 Å². The largest absolute Gasteiger partial charge is 0.127 e. The van der Waals surface area contributed by atoms with Gasteiger partial charge in [-0.05, 0) is 30.7 Å². The molecule has 0 amide bonds. The van der Waals surface area contributed by atoms with E-state index in [0.29, 0.717) is 0 Å². The van der Waals surface area contributed by atoms with E-state index in [1.54, 1.807) is 0 Å². The van der Waals surface area contributed by atoms with E-state index in [4.69, 9.17) is 11.6 Å². The molecular formula is C17H27ClS. The summed E-state index contributed by atoms with van der Waals surface area (Å²) in [6.45, 7) is 0. The summed E-state index contributed by atoms with van der Waals surface area (Å²) in [5, 5.41) is 0. The predicted octanol–water partition coefficient (Wildman–Crippen LogP) is 6.53. The number of thioether (sulfide) groups is 1. The van der Waals surface area contributed by atoms with Gasteiger partial charge in [-0.1, -0.05) is 63.1 Å². The fraction of sp³-hybridized carbons (Fsp3) is 0.647. The Kier molecular flexibility index (Phi) is 11.5. The van der Waals surface area contributed by atoms with E-state index in [9.17, 15) is 0 Å². The molecule has 0 saturated heterocycles. The molecule has 0 radical (unpaired) electrons. The zero-order valence-corrected chi connectivity index (χ0v) is 13.5. The molecule has 0 atom stereocenters. The molecule has 0 heterocycles. The van der Waals surface area contributed by atoms with Crippen molar-refractivity contribution in [2.75, 3.05) is 11.6 Å². The van der Waals surface area contributed by atoms with Crippen LogP contribution >= 0.6 is 23.4 Å². The van der Waals surface area contributed by atoms with Crippen LogP contribution in [0, 0.1) is 0 Å². The average Bonchev–Trinajstić information content (AvgIpc) is 2.46. The highest BCUT2D eigenvalue weighted by molar-refractivity contribution is 7.99.